The lowest BCUT2D eigenvalue weighted by molar-refractivity contribution is -0.383. The number of carbonyl (C=O) groups excluding carboxylic acids is 2. The van der Waals surface area contributed by atoms with Crippen molar-refractivity contribution in [3.63, 3.8) is 0 Å². The molecular weight excluding hydrogens is 276 g/mol. The minimum Gasteiger partial charge on any atom is -0.383 e. The lowest BCUT2D eigenvalue weighted by atomic mass is 10.1. The minimum absolute atomic E-state index is 0.0788. The van der Waals surface area contributed by atoms with Crippen LogP contribution >= 0.6 is 0 Å². The first-order chi connectivity index (χ1) is 10.0. The van der Waals surface area contributed by atoms with Gasteiger partial charge in [0, 0.05) is 44.7 Å². The summed E-state index contributed by atoms with van der Waals surface area (Å²) in [5.41, 5.74) is 0.566. The molecule has 0 atom stereocenters. The molecule has 0 aliphatic carbocycles. The minimum atomic E-state index is -0.505. The maximum Gasteiger partial charge on any atom is 0.292 e. The van der Waals surface area contributed by atoms with Crippen LogP contribution in [0.4, 0.5) is 11.4 Å². The summed E-state index contributed by atoms with van der Waals surface area (Å²) in [4.78, 5) is 35.6. The van der Waals surface area contributed by atoms with Gasteiger partial charge in [-0.3, -0.25) is 19.7 Å². The number of rotatable bonds is 3. The van der Waals surface area contributed by atoms with Gasteiger partial charge in [-0.15, -0.1) is 0 Å². The van der Waals surface area contributed by atoms with Crippen molar-refractivity contribution in [3.8, 4) is 0 Å². The van der Waals surface area contributed by atoms with Crippen LogP contribution in [0.5, 0.6) is 0 Å². The third-order valence-electron chi connectivity index (χ3n) is 3.31. The highest BCUT2D eigenvalue weighted by Crippen LogP contribution is 2.25. The number of nitro groups is 1. The van der Waals surface area contributed by atoms with Gasteiger partial charge in [-0.1, -0.05) is 0 Å². The maximum absolute atomic E-state index is 12.4. The van der Waals surface area contributed by atoms with E-state index in [4.69, 9.17) is 0 Å². The van der Waals surface area contributed by atoms with E-state index < -0.39 is 4.92 Å². The summed E-state index contributed by atoms with van der Waals surface area (Å²) in [7, 11) is 1.56. The van der Waals surface area contributed by atoms with E-state index in [0.717, 1.165) is 0 Å². The van der Waals surface area contributed by atoms with Gasteiger partial charge in [-0.2, -0.15) is 0 Å². The number of anilines is 1. The molecule has 0 spiro atoms. The molecule has 0 saturated carbocycles. The lowest BCUT2D eigenvalue weighted by Crippen LogP contribution is -2.34. The number of nitrogens with one attached hydrogen (secondary N) is 2. The Morgan fingerprint density at radius 2 is 2.19 bits per heavy atom. The van der Waals surface area contributed by atoms with Gasteiger partial charge in [0.15, 0.2) is 0 Å². The van der Waals surface area contributed by atoms with Crippen molar-refractivity contribution in [1.82, 2.24) is 10.2 Å². The summed E-state index contributed by atoms with van der Waals surface area (Å²) in [6.45, 7) is 1.18. The zero-order valence-corrected chi connectivity index (χ0v) is 11.6. The molecule has 0 unspecified atom stereocenters. The molecular formula is C13H16N4O4. The smallest absolute Gasteiger partial charge is 0.292 e. The van der Waals surface area contributed by atoms with Gasteiger partial charge >= 0.3 is 0 Å². The van der Waals surface area contributed by atoms with Gasteiger partial charge in [0.1, 0.15) is 5.69 Å². The quantitative estimate of drug-likeness (QED) is 0.627. The van der Waals surface area contributed by atoms with Crippen LogP contribution in [0.2, 0.25) is 0 Å². The average molecular weight is 292 g/mol. The van der Waals surface area contributed by atoms with Crippen LogP contribution < -0.4 is 10.6 Å². The molecule has 21 heavy (non-hydrogen) atoms. The lowest BCUT2D eigenvalue weighted by Gasteiger charge is -2.19. The topological polar surface area (TPSA) is 105 Å². The van der Waals surface area contributed by atoms with E-state index in [0.29, 0.717) is 25.2 Å². The highest BCUT2D eigenvalue weighted by Gasteiger charge is 2.22. The number of nitro benzene ring substituents is 1. The van der Waals surface area contributed by atoms with E-state index in [9.17, 15) is 19.7 Å². The summed E-state index contributed by atoms with van der Waals surface area (Å²) in [6.07, 6.45) is 0.262. The van der Waals surface area contributed by atoms with Crippen LogP contribution in [0.25, 0.3) is 0 Å². The largest absolute Gasteiger partial charge is 0.383 e. The van der Waals surface area contributed by atoms with E-state index >= 15 is 0 Å². The zero-order valence-electron chi connectivity index (χ0n) is 11.6. The fourth-order valence-electron chi connectivity index (χ4n) is 2.18. The van der Waals surface area contributed by atoms with Crippen molar-refractivity contribution in [1.29, 1.82) is 0 Å². The van der Waals surface area contributed by atoms with Gasteiger partial charge in [0.25, 0.3) is 11.6 Å². The predicted octanol–water partition coefficient (Wildman–Crippen LogP) is 0.599. The van der Waals surface area contributed by atoms with Gasteiger partial charge in [-0.25, -0.2) is 0 Å². The molecule has 1 fully saturated rings. The Balaban J connectivity index is 2.22. The first-order valence-corrected chi connectivity index (χ1v) is 6.55. The fourth-order valence-corrected chi connectivity index (χ4v) is 2.18. The van der Waals surface area contributed by atoms with E-state index in [-0.39, 0.29) is 29.6 Å². The van der Waals surface area contributed by atoms with Gasteiger partial charge < -0.3 is 15.5 Å². The van der Waals surface area contributed by atoms with Crippen molar-refractivity contribution in [2.75, 3.05) is 32.0 Å². The van der Waals surface area contributed by atoms with Crippen LogP contribution in [0.3, 0.4) is 0 Å². The van der Waals surface area contributed by atoms with E-state index in [1.165, 1.54) is 18.2 Å². The molecule has 0 bridgehead atoms. The van der Waals surface area contributed by atoms with E-state index in [1.807, 2.05) is 0 Å². The molecule has 2 rings (SSSR count). The fraction of sp³-hybridized carbons (Fsp3) is 0.385. The first-order valence-electron chi connectivity index (χ1n) is 6.55. The molecule has 112 valence electrons. The number of hydrogen-bond donors (Lipinski definition) is 2. The Labute approximate surface area is 121 Å². The number of carbonyl (C=O) groups is 2. The van der Waals surface area contributed by atoms with Gasteiger partial charge in [-0.05, 0) is 12.1 Å². The molecule has 1 saturated heterocycles. The van der Waals surface area contributed by atoms with Crippen molar-refractivity contribution >= 4 is 23.2 Å². The third kappa shape index (κ3) is 3.28. The van der Waals surface area contributed by atoms with E-state index in [2.05, 4.69) is 10.6 Å². The second kappa shape index (κ2) is 6.21. The molecule has 1 aliphatic rings. The third-order valence-corrected chi connectivity index (χ3v) is 3.31. The summed E-state index contributed by atoms with van der Waals surface area (Å²) in [5, 5.41) is 16.3. The van der Waals surface area contributed by atoms with Crippen LogP contribution in [0.1, 0.15) is 16.8 Å². The number of amides is 2. The van der Waals surface area contributed by atoms with Crippen LogP contribution in [0.15, 0.2) is 18.2 Å². The van der Waals surface area contributed by atoms with Crippen molar-refractivity contribution < 1.29 is 14.5 Å². The Bertz CT molecular complexity index is 588. The molecule has 1 heterocycles. The van der Waals surface area contributed by atoms with Gasteiger partial charge in [0.2, 0.25) is 5.91 Å². The number of hydrogen-bond acceptors (Lipinski definition) is 5. The monoisotopic (exact) mass is 292 g/mol. The highest BCUT2D eigenvalue weighted by molar-refractivity contribution is 5.96. The SMILES string of the molecule is CNc1cc(C(=O)N2CCNC(=O)CC2)ccc1[N+](=O)[O-]. The number of benzene rings is 1. The Kier molecular flexibility index (Phi) is 4.36. The predicted molar refractivity (Wildman–Crippen MR) is 76.2 cm³/mol. The molecule has 2 N–H and O–H groups in total. The Morgan fingerprint density at radius 1 is 1.43 bits per heavy atom. The summed E-state index contributed by atoms with van der Waals surface area (Å²) < 4.78 is 0. The molecule has 2 amide bonds. The van der Waals surface area contributed by atoms with Crippen LogP contribution in [-0.2, 0) is 4.79 Å². The summed E-state index contributed by atoms with van der Waals surface area (Å²) >= 11 is 0. The molecule has 1 aromatic rings. The van der Waals surface area contributed by atoms with Crippen LogP contribution in [0, 0.1) is 10.1 Å². The maximum atomic E-state index is 12.4. The van der Waals surface area contributed by atoms with Crippen molar-refractivity contribution in [2.45, 2.75) is 6.42 Å². The second-order valence-electron chi connectivity index (χ2n) is 4.63. The Morgan fingerprint density at radius 3 is 2.86 bits per heavy atom. The second-order valence-corrected chi connectivity index (χ2v) is 4.63. The molecule has 1 aliphatic heterocycles. The molecule has 8 heteroatoms. The first kappa shape index (κ1) is 14.8. The molecule has 0 radical (unpaired) electrons. The standard InChI is InChI=1S/C13H16N4O4/c1-14-10-8-9(2-3-11(10)17(20)21)13(19)16-6-4-12(18)15-5-7-16/h2-3,8,14H,4-7H2,1H3,(H,15,18). The normalized spacial score (nSPS) is 15.1. The molecule has 8 nitrogen and oxygen atoms in total. The number of nitrogens with zero attached hydrogens (tertiary/aromatic N) is 2. The van der Waals surface area contributed by atoms with Crippen LogP contribution in [-0.4, -0.2) is 48.3 Å². The van der Waals surface area contributed by atoms with E-state index in [1.54, 1.807) is 11.9 Å². The Hall–Kier alpha value is -2.64. The van der Waals surface area contributed by atoms with Gasteiger partial charge in [0.05, 0.1) is 4.92 Å². The zero-order chi connectivity index (χ0) is 15.4. The van der Waals surface area contributed by atoms with Crippen molar-refractivity contribution in [2.24, 2.45) is 0 Å². The summed E-state index contributed by atoms with van der Waals surface area (Å²) in [5.74, 6) is -0.317. The average Bonchev–Trinajstić information content (AvgIpc) is 2.70. The van der Waals surface area contributed by atoms with Crippen molar-refractivity contribution in [3.05, 3.63) is 33.9 Å². The highest BCUT2D eigenvalue weighted by atomic mass is 16.6. The summed E-state index contributed by atoms with van der Waals surface area (Å²) in [6, 6.07) is 4.20. The molecule has 0 aromatic heterocycles. The molecule has 1 aromatic carbocycles.